The maximum atomic E-state index is 12.8. The summed E-state index contributed by atoms with van der Waals surface area (Å²) >= 11 is 0. The van der Waals surface area contributed by atoms with Crippen molar-refractivity contribution in [2.24, 2.45) is 0 Å². The van der Waals surface area contributed by atoms with Gasteiger partial charge in [0.25, 0.3) is 5.91 Å². The Morgan fingerprint density at radius 3 is 2.53 bits per heavy atom. The first-order chi connectivity index (χ1) is 14.6. The second-order valence-electron chi connectivity index (χ2n) is 7.66. The molecule has 7 nitrogen and oxygen atoms in total. The van der Waals surface area contributed by atoms with E-state index >= 15 is 0 Å². The molecule has 3 N–H and O–H groups in total. The maximum Gasteiger partial charge on any atom is 0.356 e. The predicted octanol–water partition coefficient (Wildman–Crippen LogP) is 1.61. The fourth-order valence-corrected chi connectivity index (χ4v) is 4.11. The van der Waals surface area contributed by atoms with Crippen molar-refractivity contribution in [1.82, 2.24) is 4.98 Å². The van der Waals surface area contributed by atoms with Gasteiger partial charge in [0, 0.05) is 16.6 Å². The van der Waals surface area contributed by atoms with Gasteiger partial charge in [0.05, 0.1) is 39.0 Å². The van der Waals surface area contributed by atoms with Gasteiger partial charge in [-0.3, -0.25) is 4.79 Å². The monoisotopic (exact) mass is 407 g/mol. The van der Waals surface area contributed by atoms with Gasteiger partial charge in [-0.1, -0.05) is 30.3 Å². The van der Waals surface area contributed by atoms with Crippen LogP contribution in [0.25, 0.3) is 10.9 Å². The lowest BCUT2D eigenvalue weighted by Crippen LogP contribution is -3.15. The zero-order chi connectivity index (χ0) is 21.1. The first kappa shape index (κ1) is 20.0. The van der Waals surface area contributed by atoms with E-state index in [0.717, 1.165) is 42.6 Å². The fourth-order valence-electron chi connectivity index (χ4n) is 4.11. The molecule has 1 aliphatic heterocycles. The Hall–Kier alpha value is -3.32. The highest BCUT2D eigenvalue weighted by molar-refractivity contribution is 6.12. The Balaban J connectivity index is 1.45. The second kappa shape index (κ2) is 8.59. The molecule has 0 bridgehead atoms. The number of quaternary nitrogens is 1. The highest BCUT2D eigenvalue weighted by Crippen LogP contribution is 2.31. The molecule has 1 fully saturated rings. The van der Waals surface area contributed by atoms with E-state index in [1.165, 1.54) is 17.7 Å². The van der Waals surface area contributed by atoms with Crippen LogP contribution in [0.1, 0.15) is 16.1 Å². The maximum absolute atomic E-state index is 12.8. The van der Waals surface area contributed by atoms with Crippen LogP contribution in [0, 0.1) is 6.92 Å². The number of esters is 1. The van der Waals surface area contributed by atoms with Gasteiger partial charge >= 0.3 is 5.97 Å². The van der Waals surface area contributed by atoms with E-state index in [1.807, 2.05) is 43.3 Å². The molecule has 1 saturated heterocycles. The smallest absolute Gasteiger partial charge is 0.356 e. The molecule has 0 aliphatic carbocycles. The minimum Gasteiger partial charge on any atom is -0.464 e. The average molecular weight is 407 g/mol. The van der Waals surface area contributed by atoms with Crippen molar-refractivity contribution >= 4 is 34.2 Å². The molecule has 156 valence electrons. The zero-order valence-corrected chi connectivity index (χ0v) is 17.3. The molecule has 7 heteroatoms. The number of aromatic amines is 1. The minimum atomic E-state index is -0.496. The zero-order valence-electron chi connectivity index (χ0n) is 17.3. The van der Waals surface area contributed by atoms with Gasteiger partial charge in [0.2, 0.25) is 0 Å². The Kier molecular flexibility index (Phi) is 5.72. The second-order valence-corrected chi connectivity index (χ2v) is 7.66. The van der Waals surface area contributed by atoms with Crippen LogP contribution in [0.3, 0.4) is 0 Å². The number of H-pyrrole nitrogens is 1. The highest BCUT2D eigenvalue weighted by Gasteiger charge is 2.25. The number of fused-ring (bicyclic) bond motifs is 1. The number of benzene rings is 2. The molecule has 30 heavy (non-hydrogen) atoms. The molecular formula is C23H27N4O3+. The third kappa shape index (κ3) is 4.02. The number of nitrogens with one attached hydrogen (secondary N) is 3. The molecule has 0 spiro atoms. The van der Waals surface area contributed by atoms with Gasteiger partial charge in [-0.15, -0.1) is 0 Å². The van der Waals surface area contributed by atoms with E-state index in [-0.39, 0.29) is 11.6 Å². The summed E-state index contributed by atoms with van der Waals surface area (Å²) in [7, 11) is 1.34. The molecular weight excluding hydrogens is 380 g/mol. The Morgan fingerprint density at radius 2 is 1.83 bits per heavy atom. The van der Waals surface area contributed by atoms with Crippen molar-refractivity contribution in [3.8, 4) is 0 Å². The normalized spacial score (nSPS) is 14.7. The van der Waals surface area contributed by atoms with Crippen LogP contribution < -0.4 is 15.1 Å². The van der Waals surface area contributed by atoms with Crippen LogP contribution in [0.15, 0.2) is 48.5 Å². The predicted molar refractivity (Wildman–Crippen MR) is 117 cm³/mol. The lowest BCUT2D eigenvalue weighted by Gasteiger charge is -2.33. The van der Waals surface area contributed by atoms with Crippen molar-refractivity contribution in [1.29, 1.82) is 0 Å². The number of methoxy groups -OCH3 is 1. The topological polar surface area (TPSA) is 78.9 Å². The summed E-state index contributed by atoms with van der Waals surface area (Å²) in [6, 6.07) is 16.1. The number of anilines is 2. The van der Waals surface area contributed by atoms with E-state index in [0.29, 0.717) is 12.2 Å². The largest absolute Gasteiger partial charge is 0.464 e. The number of aromatic nitrogens is 1. The van der Waals surface area contributed by atoms with Crippen molar-refractivity contribution < 1.29 is 19.2 Å². The third-order valence-electron chi connectivity index (χ3n) is 5.69. The van der Waals surface area contributed by atoms with Gasteiger partial charge in [0.15, 0.2) is 6.54 Å². The van der Waals surface area contributed by atoms with Crippen molar-refractivity contribution in [3.05, 3.63) is 59.8 Å². The molecule has 0 saturated carbocycles. The lowest BCUT2D eigenvalue weighted by molar-refractivity contribution is -0.892. The number of piperazine rings is 1. The van der Waals surface area contributed by atoms with E-state index < -0.39 is 5.97 Å². The molecule has 1 amide bonds. The molecule has 1 aromatic heterocycles. The summed E-state index contributed by atoms with van der Waals surface area (Å²) in [5.41, 5.74) is 3.78. The number of rotatable bonds is 5. The molecule has 2 heterocycles. The van der Waals surface area contributed by atoms with E-state index in [1.54, 1.807) is 0 Å². The van der Waals surface area contributed by atoms with Crippen LogP contribution >= 0.6 is 0 Å². The highest BCUT2D eigenvalue weighted by atomic mass is 16.5. The van der Waals surface area contributed by atoms with Gasteiger partial charge in [-0.2, -0.15) is 0 Å². The molecule has 0 unspecified atom stereocenters. The molecule has 2 aromatic carbocycles. The van der Waals surface area contributed by atoms with Crippen LogP contribution in [0.2, 0.25) is 0 Å². The van der Waals surface area contributed by atoms with Crippen LogP contribution in [-0.2, 0) is 9.53 Å². The molecule has 4 rings (SSSR count). The number of ether oxygens (including phenoxy) is 1. The first-order valence-electron chi connectivity index (χ1n) is 10.2. The molecule has 0 atom stereocenters. The van der Waals surface area contributed by atoms with Crippen molar-refractivity contribution in [2.45, 2.75) is 6.92 Å². The number of hydrogen-bond donors (Lipinski definition) is 3. The number of hydrogen-bond acceptors (Lipinski definition) is 4. The summed E-state index contributed by atoms with van der Waals surface area (Å²) < 4.78 is 4.90. The van der Waals surface area contributed by atoms with Crippen molar-refractivity contribution in [2.75, 3.05) is 50.1 Å². The SMILES string of the molecule is COC(=O)c1[nH]c2cccc(C)c2c1NC(=O)C[NH+]1CCN(c2ccccc2)CC1. The first-order valence-corrected chi connectivity index (χ1v) is 10.2. The van der Waals surface area contributed by atoms with Gasteiger partial charge < -0.3 is 24.8 Å². The minimum absolute atomic E-state index is 0.104. The number of amides is 1. The van der Waals surface area contributed by atoms with E-state index in [2.05, 4.69) is 27.3 Å². The Morgan fingerprint density at radius 1 is 1.10 bits per heavy atom. The van der Waals surface area contributed by atoms with Crippen LogP contribution in [-0.4, -0.2) is 56.7 Å². The van der Waals surface area contributed by atoms with E-state index in [4.69, 9.17) is 4.74 Å². The van der Waals surface area contributed by atoms with Gasteiger partial charge in [-0.05, 0) is 30.7 Å². The summed E-state index contributed by atoms with van der Waals surface area (Å²) in [6.07, 6.45) is 0. The summed E-state index contributed by atoms with van der Waals surface area (Å²) in [5, 5.41) is 3.82. The van der Waals surface area contributed by atoms with E-state index in [9.17, 15) is 9.59 Å². The average Bonchev–Trinajstić information content (AvgIpc) is 3.14. The number of carbonyl (C=O) groups is 2. The van der Waals surface area contributed by atoms with Crippen molar-refractivity contribution in [3.63, 3.8) is 0 Å². The Labute approximate surface area is 175 Å². The molecule has 1 aliphatic rings. The van der Waals surface area contributed by atoms with Crippen LogP contribution in [0.5, 0.6) is 0 Å². The van der Waals surface area contributed by atoms with Crippen LogP contribution in [0.4, 0.5) is 11.4 Å². The van der Waals surface area contributed by atoms with Gasteiger partial charge in [0.1, 0.15) is 5.69 Å². The summed E-state index contributed by atoms with van der Waals surface area (Å²) in [4.78, 5) is 31.7. The quantitative estimate of drug-likeness (QED) is 0.562. The fraction of sp³-hybridized carbons (Fsp3) is 0.304. The third-order valence-corrected chi connectivity index (χ3v) is 5.69. The molecule has 0 radical (unpaired) electrons. The Bertz CT molecular complexity index is 1050. The van der Waals surface area contributed by atoms with Gasteiger partial charge in [-0.25, -0.2) is 4.79 Å². The number of aryl methyl sites for hydroxylation is 1. The number of para-hydroxylation sites is 1. The number of carbonyl (C=O) groups excluding carboxylic acids is 2. The number of nitrogens with zero attached hydrogens (tertiary/aromatic N) is 1. The summed E-state index contributed by atoms with van der Waals surface area (Å²) in [6.45, 7) is 5.92. The summed E-state index contributed by atoms with van der Waals surface area (Å²) in [5.74, 6) is -0.600. The molecule has 3 aromatic rings. The standard InChI is InChI=1S/C23H26N4O3/c1-16-7-6-10-18-20(16)21(22(24-18)23(29)30-2)25-19(28)15-26-11-13-27(14-12-26)17-8-4-3-5-9-17/h3-10,24H,11-15H2,1-2H3,(H,25,28)/p+1. The lowest BCUT2D eigenvalue weighted by atomic mass is 10.1.